The molecule has 0 unspecified atom stereocenters. The maximum atomic E-state index is 12.4. The molecule has 0 atom stereocenters. The molecule has 2 rings (SSSR count). The standard InChI is InChI=1S/C15H21F2NO3/c1-19-12-5-4-11(8-13(12)21-14(16)17)9-18-10-15(20-2)6-3-7-15/h4-5,8,14,18H,3,6-7,9-10H2,1-2H3. The Morgan fingerprint density at radius 1 is 1.24 bits per heavy atom. The molecule has 1 aromatic rings. The van der Waals surface area contributed by atoms with Crippen LogP contribution in [0.15, 0.2) is 18.2 Å². The molecule has 0 saturated heterocycles. The molecule has 118 valence electrons. The van der Waals surface area contributed by atoms with Crippen molar-refractivity contribution in [3.05, 3.63) is 23.8 Å². The summed E-state index contributed by atoms with van der Waals surface area (Å²) >= 11 is 0. The first-order chi connectivity index (χ1) is 10.1. The Morgan fingerprint density at radius 3 is 2.52 bits per heavy atom. The van der Waals surface area contributed by atoms with Gasteiger partial charge >= 0.3 is 6.61 Å². The highest BCUT2D eigenvalue weighted by atomic mass is 19.3. The van der Waals surface area contributed by atoms with Crippen molar-refractivity contribution in [2.45, 2.75) is 38.0 Å². The normalized spacial score (nSPS) is 16.6. The zero-order chi connectivity index (χ0) is 15.3. The van der Waals surface area contributed by atoms with E-state index in [4.69, 9.17) is 9.47 Å². The first-order valence-corrected chi connectivity index (χ1v) is 6.96. The quantitative estimate of drug-likeness (QED) is 0.801. The third-order valence-electron chi connectivity index (χ3n) is 3.92. The first kappa shape index (κ1) is 16.0. The largest absolute Gasteiger partial charge is 0.493 e. The van der Waals surface area contributed by atoms with Crippen LogP contribution in [0.4, 0.5) is 8.78 Å². The number of rotatable bonds is 8. The molecule has 0 amide bonds. The Hall–Kier alpha value is -1.40. The lowest BCUT2D eigenvalue weighted by molar-refractivity contribution is -0.0695. The third-order valence-corrected chi connectivity index (χ3v) is 3.92. The van der Waals surface area contributed by atoms with E-state index in [0.717, 1.165) is 24.9 Å². The summed E-state index contributed by atoms with van der Waals surface area (Å²) in [6.07, 6.45) is 3.29. The number of benzene rings is 1. The predicted molar refractivity (Wildman–Crippen MR) is 74.9 cm³/mol. The number of methoxy groups -OCH3 is 2. The van der Waals surface area contributed by atoms with Gasteiger partial charge in [0.05, 0.1) is 12.7 Å². The monoisotopic (exact) mass is 301 g/mol. The van der Waals surface area contributed by atoms with Crippen molar-refractivity contribution in [2.75, 3.05) is 20.8 Å². The fourth-order valence-corrected chi connectivity index (χ4v) is 2.48. The minimum atomic E-state index is -2.87. The molecular formula is C15H21F2NO3. The summed E-state index contributed by atoms with van der Waals surface area (Å²) in [5.74, 6) is 0.350. The van der Waals surface area contributed by atoms with Crippen molar-refractivity contribution in [2.24, 2.45) is 0 Å². The Balaban J connectivity index is 1.93. The highest BCUT2D eigenvalue weighted by Crippen LogP contribution is 2.34. The summed E-state index contributed by atoms with van der Waals surface area (Å²) in [7, 11) is 3.15. The van der Waals surface area contributed by atoms with Gasteiger partial charge in [0.1, 0.15) is 0 Å². The molecule has 0 aliphatic heterocycles. The minimum absolute atomic E-state index is 0.0527. The minimum Gasteiger partial charge on any atom is -0.493 e. The van der Waals surface area contributed by atoms with Crippen LogP contribution in [0, 0.1) is 0 Å². The Bertz CT molecular complexity index is 459. The average molecular weight is 301 g/mol. The Morgan fingerprint density at radius 2 is 2.00 bits per heavy atom. The number of alkyl halides is 2. The van der Waals surface area contributed by atoms with Crippen LogP contribution in [0.2, 0.25) is 0 Å². The lowest BCUT2D eigenvalue weighted by Gasteiger charge is -2.40. The van der Waals surface area contributed by atoms with Gasteiger partial charge < -0.3 is 19.5 Å². The lowest BCUT2D eigenvalue weighted by Crippen LogP contribution is -2.47. The van der Waals surface area contributed by atoms with Crippen LogP contribution < -0.4 is 14.8 Å². The molecule has 0 heterocycles. The second kappa shape index (κ2) is 7.04. The van der Waals surface area contributed by atoms with E-state index < -0.39 is 6.61 Å². The molecule has 0 spiro atoms. The highest BCUT2D eigenvalue weighted by Gasteiger charge is 2.36. The predicted octanol–water partition coefficient (Wildman–Crippen LogP) is 2.96. The number of nitrogens with one attached hydrogen (secondary N) is 1. The fourth-order valence-electron chi connectivity index (χ4n) is 2.48. The summed E-state index contributed by atoms with van der Waals surface area (Å²) in [6, 6.07) is 5.02. The highest BCUT2D eigenvalue weighted by molar-refractivity contribution is 5.43. The van der Waals surface area contributed by atoms with Crippen molar-refractivity contribution in [1.82, 2.24) is 5.32 Å². The molecule has 1 fully saturated rings. The molecular weight excluding hydrogens is 280 g/mol. The summed E-state index contributed by atoms with van der Waals surface area (Å²) in [4.78, 5) is 0. The van der Waals surface area contributed by atoms with Crippen LogP contribution in [0.1, 0.15) is 24.8 Å². The smallest absolute Gasteiger partial charge is 0.387 e. The average Bonchev–Trinajstić information content (AvgIpc) is 2.41. The molecule has 0 radical (unpaired) electrons. The van der Waals surface area contributed by atoms with Gasteiger partial charge in [-0.25, -0.2) is 0 Å². The summed E-state index contributed by atoms with van der Waals surface area (Å²) < 4.78 is 39.7. The van der Waals surface area contributed by atoms with Gasteiger partial charge in [-0.1, -0.05) is 6.07 Å². The van der Waals surface area contributed by atoms with Crippen LogP contribution >= 0.6 is 0 Å². The van der Waals surface area contributed by atoms with Crippen molar-refractivity contribution in [1.29, 1.82) is 0 Å². The van der Waals surface area contributed by atoms with Crippen LogP contribution in [0.3, 0.4) is 0 Å². The fraction of sp³-hybridized carbons (Fsp3) is 0.600. The second-order valence-corrected chi connectivity index (χ2v) is 5.21. The summed E-state index contributed by atoms with van der Waals surface area (Å²) in [6.45, 7) is -1.55. The van der Waals surface area contributed by atoms with Crippen LogP contribution in [0.5, 0.6) is 11.5 Å². The molecule has 1 aliphatic rings. The van der Waals surface area contributed by atoms with E-state index in [1.54, 1.807) is 19.2 Å². The van der Waals surface area contributed by atoms with Crippen molar-refractivity contribution in [3.63, 3.8) is 0 Å². The van der Waals surface area contributed by atoms with E-state index in [0.29, 0.717) is 12.3 Å². The van der Waals surface area contributed by atoms with Crippen molar-refractivity contribution < 1.29 is 23.0 Å². The summed E-state index contributed by atoms with van der Waals surface area (Å²) in [5.41, 5.74) is 0.798. The molecule has 6 heteroatoms. The SMILES string of the molecule is COc1ccc(CNCC2(OC)CCC2)cc1OC(F)F. The van der Waals surface area contributed by atoms with Gasteiger partial charge in [-0.2, -0.15) is 8.78 Å². The van der Waals surface area contributed by atoms with Gasteiger partial charge in [-0.3, -0.25) is 0 Å². The third kappa shape index (κ3) is 4.04. The van der Waals surface area contributed by atoms with E-state index in [1.165, 1.54) is 13.5 Å². The van der Waals surface area contributed by atoms with Crippen molar-refractivity contribution in [3.8, 4) is 11.5 Å². The lowest BCUT2D eigenvalue weighted by atomic mass is 9.80. The van der Waals surface area contributed by atoms with E-state index in [1.807, 2.05) is 6.07 Å². The van der Waals surface area contributed by atoms with E-state index in [-0.39, 0.29) is 11.4 Å². The Kier molecular flexibility index (Phi) is 5.36. The molecule has 1 saturated carbocycles. The van der Waals surface area contributed by atoms with E-state index >= 15 is 0 Å². The van der Waals surface area contributed by atoms with Crippen molar-refractivity contribution >= 4 is 0 Å². The number of hydrogen-bond donors (Lipinski definition) is 1. The zero-order valence-corrected chi connectivity index (χ0v) is 12.3. The summed E-state index contributed by atoms with van der Waals surface area (Å²) in [5, 5.41) is 3.30. The topological polar surface area (TPSA) is 39.7 Å². The van der Waals surface area contributed by atoms with Gasteiger partial charge in [-0.15, -0.1) is 0 Å². The van der Waals surface area contributed by atoms with Gasteiger partial charge in [0.2, 0.25) is 0 Å². The van der Waals surface area contributed by atoms with Gasteiger partial charge in [-0.05, 0) is 37.0 Å². The van der Waals surface area contributed by atoms with Gasteiger partial charge in [0.25, 0.3) is 0 Å². The van der Waals surface area contributed by atoms with Crippen LogP contribution in [-0.2, 0) is 11.3 Å². The first-order valence-electron chi connectivity index (χ1n) is 6.96. The zero-order valence-electron chi connectivity index (χ0n) is 12.3. The maximum Gasteiger partial charge on any atom is 0.387 e. The number of hydrogen-bond acceptors (Lipinski definition) is 4. The molecule has 0 bridgehead atoms. The number of halogens is 2. The van der Waals surface area contributed by atoms with Gasteiger partial charge in [0, 0.05) is 20.2 Å². The molecule has 0 aromatic heterocycles. The second-order valence-electron chi connectivity index (χ2n) is 5.21. The molecule has 1 aliphatic carbocycles. The van der Waals surface area contributed by atoms with E-state index in [2.05, 4.69) is 10.1 Å². The Labute approximate surface area is 123 Å². The maximum absolute atomic E-state index is 12.4. The molecule has 4 nitrogen and oxygen atoms in total. The van der Waals surface area contributed by atoms with E-state index in [9.17, 15) is 8.78 Å². The molecule has 1 N–H and O–H groups in total. The van der Waals surface area contributed by atoms with Crippen LogP contribution in [-0.4, -0.2) is 33.0 Å². The van der Waals surface area contributed by atoms with Crippen LogP contribution in [0.25, 0.3) is 0 Å². The number of ether oxygens (including phenoxy) is 3. The molecule has 21 heavy (non-hydrogen) atoms. The molecule has 1 aromatic carbocycles. The van der Waals surface area contributed by atoms with Gasteiger partial charge in [0.15, 0.2) is 11.5 Å².